The number of hydrogen-bond donors (Lipinski definition) is 1. The third-order valence-electron chi connectivity index (χ3n) is 4.16. The Hall–Kier alpha value is -0.930. The zero-order chi connectivity index (χ0) is 12.3. The van der Waals surface area contributed by atoms with E-state index in [0.29, 0.717) is 0 Å². The number of aliphatic hydroxyl groups is 1. The molecule has 0 aromatic carbocycles. The van der Waals surface area contributed by atoms with Crippen LogP contribution in [0.3, 0.4) is 0 Å². The second kappa shape index (κ2) is 5.15. The lowest BCUT2D eigenvalue weighted by atomic mass is 9.85. The summed E-state index contributed by atoms with van der Waals surface area (Å²) >= 11 is 0. The summed E-state index contributed by atoms with van der Waals surface area (Å²) in [6.45, 7) is 0. The van der Waals surface area contributed by atoms with E-state index < -0.39 is 0 Å². The van der Waals surface area contributed by atoms with Crippen LogP contribution in [0.15, 0.2) is 24.5 Å². The quantitative estimate of drug-likeness (QED) is 0.864. The molecule has 1 unspecified atom stereocenters. The van der Waals surface area contributed by atoms with Gasteiger partial charge in [0.15, 0.2) is 0 Å². The Balaban J connectivity index is 2.10. The Bertz CT molecular complexity index is 344. The van der Waals surface area contributed by atoms with Crippen molar-refractivity contribution in [1.82, 2.24) is 9.88 Å². The lowest BCUT2D eigenvalue weighted by Crippen LogP contribution is -2.52. The van der Waals surface area contributed by atoms with Crippen molar-refractivity contribution in [3.8, 4) is 0 Å². The molecule has 1 N–H and O–H groups in total. The zero-order valence-electron chi connectivity index (χ0n) is 10.8. The number of nitrogens with zero attached hydrogens (tertiary/aromatic N) is 2. The molecule has 1 aromatic rings. The molecule has 1 saturated carbocycles. The van der Waals surface area contributed by atoms with E-state index in [9.17, 15) is 5.11 Å². The van der Waals surface area contributed by atoms with Crippen LogP contribution in [0, 0.1) is 0 Å². The van der Waals surface area contributed by atoms with Gasteiger partial charge in [-0.25, -0.2) is 0 Å². The van der Waals surface area contributed by atoms with Crippen molar-refractivity contribution in [2.45, 2.75) is 43.7 Å². The van der Waals surface area contributed by atoms with Crippen molar-refractivity contribution in [2.75, 3.05) is 14.1 Å². The Morgan fingerprint density at radius 2 is 1.88 bits per heavy atom. The van der Waals surface area contributed by atoms with Crippen LogP contribution >= 0.6 is 0 Å². The van der Waals surface area contributed by atoms with Gasteiger partial charge in [0.1, 0.15) is 0 Å². The Morgan fingerprint density at radius 1 is 1.29 bits per heavy atom. The molecule has 1 aliphatic carbocycles. The summed E-state index contributed by atoms with van der Waals surface area (Å²) in [4.78, 5) is 6.22. The fraction of sp³-hybridized carbons (Fsp3) is 0.643. The molecule has 2 rings (SSSR count). The van der Waals surface area contributed by atoms with Crippen LogP contribution in [0.25, 0.3) is 0 Å². The van der Waals surface area contributed by atoms with Gasteiger partial charge >= 0.3 is 0 Å². The van der Waals surface area contributed by atoms with Gasteiger partial charge in [-0.15, -0.1) is 0 Å². The number of likely N-dealkylation sites (N-methyl/N-ethyl adjacent to an activating group) is 1. The zero-order valence-corrected chi connectivity index (χ0v) is 10.8. The van der Waals surface area contributed by atoms with Gasteiger partial charge in [0.05, 0.1) is 6.10 Å². The molecule has 0 amide bonds. The number of hydrogen-bond acceptors (Lipinski definition) is 3. The van der Waals surface area contributed by atoms with Gasteiger partial charge in [-0.2, -0.15) is 0 Å². The van der Waals surface area contributed by atoms with Crippen LogP contribution < -0.4 is 0 Å². The molecule has 3 heteroatoms. The highest BCUT2D eigenvalue weighted by Gasteiger charge is 2.42. The molecule has 1 aromatic heterocycles. The molecule has 94 valence electrons. The summed E-state index contributed by atoms with van der Waals surface area (Å²) < 4.78 is 0. The third-order valence-corrected chi connectivity index (χ3v) is 4.16. The normalized spacial score (nSPS) is 20.7. The van der Waals surface area contributed by atoms with E-state index in [1.807, 2.05) is 12.1 Å². The van der Waals surface area contributed by atoms with Crippen molar-refractivity contribution in [1.29, 1.82) is 0 Å². The molecule has 0 bridgehead atoms. The Morgan fingerprint density at radius 3 is 2.41 bits per heavy atom. The van der Waals surface area contributed by atoms with E-state index in [-0.39, 0.29) is 11.6 Å². The third kappa shape index (κ3) is 2.50. The number of pyridine rings is 1. The van der Waals surface area contributed by atoms with Crippen molar-refractivity contribution < 1.29 is 5.11 Å². The summed E-state index contributed by atoms with van der Waals surface area (Å²) in [5, 5.41) is 10.6. The number of aromatic nitrogens is 1. The second-order valence-corrected chi connectivity index (χ2v) is 5.28. The van der Waals surface area contributed by atoms with Gasteiger partial charge in [-0.05, 0) is 44.6 Å². The van der Waals surface area contributed by atoms with Crippen LogP contribution in [0.2, 0.25) is 0 Å². The van der Waals surface area contributed by atoms with Crippen molar-refractivity contribution >= 4 is 0 Å². The van der Waals surface area contributed by atoms with E-state index in [2.05, 4.69) is 24.0 Å². The first-order chi connectivity index (χ1) is 8.15. The fourth-order valence-electron chi connectivity index (χ4n) is 3.00. The first-order valence-electron chi connectivity index (χ1n) is 6.39. The molecular weight excluding hydrogens is 212 g/mol. The average molecular weight is 234 g/mol. The highest BCUT2D eigenvalue weighted by atomic mass is 16.3. The maximum atomic E-state index is 10.6. The molecule has 1 heterocycles. The monoisotopic (exact) mass is 234 g/mol. The van der Waals surface area contributed by atoms with Gasteiger partial charge in [-0.3, -0.25) is 4.98 Å². The van der Waals surface area contributed by atoms with E-state index in [1.54, 1.807) is 12.4 Å². The second-order valence-electron chi connectivity index (χ2n) is 5.28. The van der Waals surface area contributed by atoms with Crippen LogP contribution in [-0.4, -0.2) is 40.7 Å². The van der Waals surface area contributed by atoms with Gasteiger partial charge in [0.2, 0.25) is 0 Å². The molecule has 0 radical (unpaired) electrons. The Kier molecular flexibility index (Phi) is 3.79. The molecule has 0 saturated heterocycles. The molecule has 1 atom stereocenters. The largest absolute Gasteiger partial charge is 0.391 e. The lowest BCUT2D eigenvalue weighted by Gasteiger charge is -2.40. The number of aliphatic hydroxyl groups excluding tert-OH is 1. The van der Waals surface area contributed by atoms with Crippen molar-refractivity contribution in [3.63, 3.8) is 0 Å². The molecule has 0 aliphatic heterocycles. The van der Waals surface area contributed by atoms with Crippen molar-refractivity contribution in [2.24, 2.45) is 0 Å². The minimum absolute atomic E-state index is 0.0245. The average Bonchev–Trinajstić information content (AvgIpc) is 2.80. The molecule has 1 aliphatic rings. The van der Waals surface area contributed by atoms with E-state index in [4.69, 9.17) is 0 Å². The SMILES string of the molecule is CN(C)C1(C(O)Cc2ccncc2)CCCC1. The first kappa shape index (κ1) is 12.5. The minimum atomic E-state index is -0.289. The lowest BCUT2D eigenvalue weighted by molar-refractivity contribution is -0.00251. The van der Waals surface area contributed by atoms with E-state index in [1.165, 1.54) is 18.4 Å². The smallest absolute Gasteiger partial charge is 0.0763 e. The molecule has 17 heavy (non-hydrogen) atoms. The summed E-state index contributed by atoms with van der Waals surface area (Å²) in [6, 6.07) is 3.98. The molecule has 3 nitrogen and oxygen atoms in total. The van der Waals surface area contributed by atoms with Crippen LogP contribution in [0.5, 0.6) is 0 Å². The first-order valence-corrected chi connectivity index (χ1v) is 6.39. The fourth-order valence-corrected chi connectivity index (χ4v) is 3.00. The van der Waals surface area contributed by atoms with Gasteiger partial charge in [0.25, 0.3) is 0 Å². The summed E-state index contributed by atoms with van der Waals surface area (Å²) in [5.74, 6) is 0. The topological polar surface area (TPSA) is 36.4 Å². The standard InChI is InChI=1S/C14H22N2O/c1-16(2)14(7-3-4-8-14)13(17)11-12-5-9-15-10-6-12/h5-6,9-10,13,17H,3-4,7-8,11H2,1-2H3. The molecule has 0 spiro atoms. The number of rotatable bonds is 4. The van der Waals surface area contributed by atoms with Crippen molar-refractivity contribution in [3.05, 3.63) is 30.1 Å². The van der Waals surface area contributed by atoms with Gasteiger partial charge in [-0.1, -0.05) is 12.8 Å². The molecular formula is C14H22N2O. The van der Waals surface area contributed by atoms with E-state index in [0.717, 1.165) is 19.3 Å². The van der Waals surface area contributed by atoms with Crippen LogP contribution in [0.1, 0.15) is 31.2 Å². The maximum absolute atomic E-state index is 10.6. The summed E-state index contributed by atoms with van der Waals surface area (Å²) in [7, 11) is 4.17. The highest BCUT2D eigenvalue weighted by Crippen LogP contribution is 2.37. The predicted molar refractivity (Wildman–Crippen MR) is 68.8 cm³/mol. The summed E-state index contributed by atoms with van der Waals surface area (Å²) in [6.07, 6.45) is 8.68. The van der Waals surface area contributed by atoms with Crippen LogP contribution in [0.4, 0.5) is 0 Å². The minimum Gasteiger partial charge on any atom is -0.391 e. The van der Waals surface area contributed by atoms with Gasteiger partial charge in [0, 0.05) is 24.4 Å². The van der Waals surface area contributed by atoms with Crippen LogP contribution in [-0.2, 0) is 6.42 Å². The highest BCUT2D eigenvalue weighted by molar-refractivity contribution is 5.13. The summed E-state index contributed by atoms with van der Waals surface area (Å²) in [5.41, 5.74) is 1.14. The Labute approximate surface area is 103 Å². The molecule has 1 fully saturated rings. The maximum Gasteiger partial charge on any atom is 0.0763 e. The van der Waals surface area contributed by atoms with E-state index >= 15 is 0 Å². The van der Waals surface area contributed by atoms with Gasteiger partial charge < -0.3 is 10.0 Å². The predicted octanol–water partition coefficient (Wildman–Crippen LogP) is 1.86.